The van der Waals surface area contributed by atoms with E-state index in [1.54, 1.807) is 41.5 Å². The largest absolute Gasteiger partial charge is 0.457 e. The van der Waals surface area contributed by atoms with Crippen molar-refractivity contribution < 1.29 is 53.6 Å². The number of benzene rings is 4. The molecule has 0 aromatic heterocycles. The van der Waals surface area contributed by atoms with Crippen molar-refractivity contribution in [3.63, 3.8) is 0 Å². The third-order valence-corrected chi connectivity index (χ3v) is 10.7. The van der Waals surface area contributed by atoms with Crippen molar-refractivity contribution in [3.05, 3.63) is 144 Å². The number of carbonyl (C=O) groups excluding carboxylic acids is 2. The molecule has 2 saturated heterocycles. The molecule has 4 aromatic carbocycles. The van der Waals surface area contributed by atoms with E-state index in [1.807, 2.05) is 128 Å². The molecular formula is C51H64O11. The van der Waals surface area contributed by atoms with Crippen LogP contribution in [0, 0.1) is 10.8 Å². The molecule has 2 aliphatic rings. The summed E-state index contributed by atoms with van der Waals surface area (Å²) in [7, 11) is 0. The smallest absolute Gasteiger partial charge is 0.311 e. The molecule has 2 fully saturated rings. The van der Waals surface area contributed by atoms with E-state index in [0.29, 0.717) is 6.42 Å². The minimum atomic E-state index is -1.37. The Balaban J connectivity index is 1.33. The Morgan fingerprint density at radius 2 is 0.919 bits per heavy atom. The van der Waals surface area contributed by atoms with Gasteiger partial charge in [-0.15, -0.1) is 0 Å². The molecule has 0 spiro atoms. The van der Waals surface area contributed by atoms with Crippen LogP contribution < -0.4 is 0 Å². The van der Waals surface area contributed by atoms with Gasteiger partial charge in [0, 0.05) is 0 Å². The minimum Gasteiger partial charge on any atom is -0.457 e. The zero-order valence-electron chi connectivity index (χ0n) is 38.1. The van der Waals surface area contributed by atoms with Gasteiger partial charge in [0.05, 0.1) is 57.9 Å². The lowest BCUT2D eigenvalue weighted by Gasteiger charge is -2.47. The summed E-state index contributed by atoms with van der Waals surface area (Å²) in [5.74, 6) is -0.981. The zero-order chi connectivity index (χ0) is 45.0. The molecule has 4 unspecified atom stereocenters. The first-order chi connectivity index (χ1) is 30.2. The monoisotopic (exact) mass is 853 g/mol. The summed E-state index contributed by atoms with van der Waals surface area (Å²) >= 11 is 0. The highest BCUT2D eigenvalue weighted by Crippen LogP contribution is 2.35. The molecule has 0 radical (unpaired) electrons. The fraction of sp³-hybridized carbons (Fsp3) is 0.490. The molecule has 334 valence electrons. The fourth-order valence-electron chi connectivity index (χ4n) is 7.07. The van der Waals surface area contributed by atoms with E-state index in [9.17, 15) is 11.0 Å². The quantitative estimate of drug-likeness (QED) is 0.0895. The van der Waals surface area contributed by atoms with Crippen molar-refractivity contribution >= 4 is 11.9 Å². The molecule has 0 bridgehead atoms. The first-order valence-corrected chi connectivity index (χ1v) is 21.6. The van der Waals surface area contributed by atoms with Crippen molar-refractivity contribution in [1.82, 2.24) is 0 Å². The van der Waals surface area contributed by atoms with Crippen molar-refractivity contribution in [2.24, 2.45) is 10.8 Å². The highest BCUT2D eigenvalue weighted by atomic mass is 16.7. The highest BCUT2D eigenvalue weighted by molar-refractivity contribution is 5.76. The summed E-state index contributed by atoms with van der Waals surface area (Å²) in [5, 5.41) is 0. The van der Waals surface area contributed by atoms with E-state index in [0.717, 1.165) is 22.3 Å². The highest BCUT2D eigenvalue weighted by Gasteiger charge is 2.52. The number of esters is 2. The Morgan fingerprint density at radius 3 is 1.34 bits per heavy atom. The van der Waals surface area contributed by atoms with Crippen LogP contribution >= 0.6 is 0 Å². The van der Waals surface area contributed by atoms with E-state index in [-0.39, 0.29) is 33.0 Å². The van der Waals surface area contributed by atoms with Gasteiger partial charge in [0.15, 0.2) is 18.5 Å². The molecule has 11 nitrogen and oxygen atoms in total. The van der Waals surface area contributed by atoms with Gasteiger partial charge in [-0.05, 0) is 70.2 Å². The first-order valence-electron chi connectivity index (χ1n) is 22.2. The van der Waals surface area contributed by atoms with Gasteiger partial charge in [-0.2, -0.15) is 0 Å². The second-order valence-corrected chi connectivity index (χ2v) is 17.9. The Labute approximate surface area is 368 Å². The van der Waals surface area contributed by atoms with Crippen LogP contribution in [0.5, 0.6) is 0 Å². The van der Waals surface area contributed by atoms with Crippen LogP contribution in [-0.2, 0) is 78.6 Å². The summed E-state index contributed by atoms with van der Waals surface area (Å²) in [6.07, 6.45) is -7.66. The van der Waals surface area contributed by atoms with Gasteiger partial charge in [-0.1, -0.05) is 128 Å². The van der Waals surface area contributed by atoms with Crippen molar-refractivity contribution in [2.75, 3.05) is 13.2 Å². The van der Waals surface area contributed by atoms with Crippen LogP contribution in [0.1, 0.15) is 78.5 Å². The summed E-state index contributed by atoms with van der Waals surface area (Å²) in [6.45, 7) is 11.9. The van der Waals surface area contributed by atoms with Crippen LogP contribution in [0.4, 0.5) is 0 Å². The summed E-state index contributed by atoms with van der Waals surface area (Å²) < 4.78 is 68.1. The molecule has 62 heavy (non-hydrogen) atoms. The lowest BCUT2D eigenvalue weighted by atomic mass is 9.94. The van der Waals surface area contributed by atoms with E-state index >= 15 is 0 Å². The first kappa shape index (κ1) is 45.6. The molecule has 2 heterocycles. The molecule has 2 aliphatic heterocycles. The Morgan fingerprint density at radius 1 is 0.532 bits per heavy atom. The molecule has 0 saturated carbocycles. The summed E-state index contributed by atoms with van der Waals surface area (Å²) in [6, 6.07) is 38.9. The number of rotatable bonds is 18. The average molecular weight is 854 g/mol. The number of carbonyl (C=O) groups is 2. The zero-order valence-corrected chi connectivity index (χ0v) is 37.1. The van der Waals surface area contributed by atoms with Gasteiger partial charge in [0.2, 0.25) is 0 Å². The Hall–Kier alpha value is -4.46. The summed E-state index contributed by atoms with van der Waals surface area (Å²) in [5.41, 5.74) is 1.94. The lowest BCUT2D eigenvalue weighted by molar-refractivity contribution is -0.326. The predicted octanol–water partition coefficient (Wildman–Crippen LogP) is 8.79. The molecule has 10 atom stereocenters. The topological polar surface area (TPSA) is 117 Å². The molecule has 6 rings (SSSR count). The number of hydrogen-bond acceptors (Lipinski definition) is 11. The standard InChI is InChI=1S/C51H64O11/c1-8-39-42(55-29-35-21-13-9-14-22-35)45(58-32-38-27-19-12-20-28-38)46(62-49(53)51(5,6)7)47(60-39)59-33-40-43(56-30-36-23-15-10-16-24-36)44(57-31-37-25-17-11-18-26-37)41(34-54-40)61-48(52)50(2,3)4/h9-28,39-47H,8,29-34H2,1-7H3/t39?,40?,41?,42-,43-,44-,45+,46?,47-/m1/s1/i34D/t34-,39?,40?,41?,42+,43+,44+,45-,46?,47+/m0. The maximum atomic E-state index is 13.8. The molecule has 11 heteroatoms. The lowest BCUT2D eigenvalue weighted by Crippen LogP contribution is -2.62. The number of ether oxygens (including phenoxy) is 9. The second kappa shape index (κ2) is 22.2. The van der Waals surface area contributed by atoms with Gasteiger partial charge in [-0.25, -0.2) is 0 Å². The van der Waals surface area contributed by atoms with Crippen LogP contribution in [-0.4, -0.2) is 80.3 Å². The van der Waals surface area contributed by atoms with E-state index < -0.39 is 84.5 Å². The van der Waals surface area contributed by atoms with Gasteiger partial charge < -0.3 is 42.6 Å². The molecule has 4 aromatic rings. The SMILES string of the molecule is [2H][C@@H]1OC(CO[C@@H]2OC(CC)[C@@H](OCc3ccccc3)[C@H](OCc3ccccc3)C2OC(=O)C(C)(C)C)[C@@H](OCc2ccccc2)[C@H](OCc2ccccc2)C1OC(=O)C(C)(C)C. The Bertz CT molecular complexity index is 1970. The molecular weight excluding hydrogens is 789 g/mol. The van der Waals surface area contributed by atoms with Crippen molar-refractivity contribution in [2.45, 2.75) is 136 Å². The molecule has 0 aliphatic carbocycles. The molecule has 0 N–H and O–H groups in total. The third-order valence-electron chi connectivity index (χ3n) is 10.7. The predicted molar refractivity (Wildman–Crippen MR) is 233 cm³/mol. The van der Waals surface area contributed by atoms with Crippen LogP contribution in [0.3, 0.4) is 0 Å². The van der Waals surface area contributed by atoms with Gasteiger partial charge in [0.1, 0.15) is 30.5 Å². The second-order valence-electron chi connectivity index (χ2n) is 17.9. The maximum absolute atomic E-state index is 13.8. The minimum absolute atomic E-state index is 0.153. The van der Waals surface area contributed by atoms with Crippen LogP contribution in [0.25, 0.3) is 0 Å². The van der Waals surface area contributed by atoms with Crippen molar-refractivity contribution in [3.8, 4) is 0 Å². The maximum Gasteiger partial charge on any atom is 0.311 e. The Kier molecular flexibility index (Phi) is 16.3. The van der Waals surface area contributed by atoms with E-state index in [2.05, 4.69) is 0 Å². The van der Waals surface area contributed by atoms with Gasteiger partial charge >= 0.3 is 11.9 Å². The van der Waals surface area contributed by atoms with Gasteiger partial charge in [-0.3, -0.25) is 9.59 Å². The average Bonchev–Trinajstić information content (AvgIpc) is 3.27. The van der Waals surface area contributed by atoms with Crippen LogP contribution in [0.15, 0.2) is 121 Å². The normalized spacial score (nSPS) is 26.9. The van der Waals surface area contributed by atoms with E-state index in [4.69, 9.17) is 42.6 Å². The van der Waals surface area contributed by atoms with Gasteiger partial charge in [0.25, 0.3) is 0 Å². The fourth-order valence-corrected chi connectivity index (χ4v) is 7.07. The third kappa shape index (κ3) is 13.3. The number of hydrogen-bond donors (Lipinski definition) is 0. The van der Waals surface area contributed by atoms with Crippen molar-refractivity contribution in [1.29, 1.82) is 0 Å². The summed E-state index contributed by atoms with van der Waals surface area (Å²) in [4.78, 5) is 27.2. The van der Waals surface area contributed by atoms with E-state index in [1.165, 1.54) is 0 Å². The molecule has 0 amide bonds. The van der Waals surface area contributed by atoms with Crippen LogP contribution in [0.2, 0.25) is 0 Å².